The Morgan fingerprint density at radius 3 is 2.57 bits per heavy atom. The summed E-state index contributed by atoms with van der Waals surface area (Å²) in [6, 6.07) is 1.55. The van der Waals surface area contributed by atoms with E-state index in [0.717, 1.165) is 19.5 Å². The van der Waals surface area contributed by atoms with E-state index in [1.54, 1.807) is 0 Å². The molecular weight excluding hydrogens is 262 g/mol. The molecule has 0 radical (unpaired) electrons. The molecule has 1 aliphatic carbocycles. The molecule has 21 heavy (non-hydrogen) atoms. The Hall–Kier alpha value is -0.610. The van der Waals surface area contributed by atoms with Crippen molar-refractivity contribution in [1.82, 2.24) is 15.5 Å². The Morgan fingerprint density at radius 1 is 1.24 bits per heavy atom. The average Bonchev–Trinajstić information content (AvgIpc) is 3.14. The molecule has 0 spiro atoms. The van der Waals surface area contributed by atoms with Crippen LogP contribution in [0.25, 0.3) is 0 Å². The normalized spacial score (nSPS) is 23.8. The molecule has 1 saturated carbocycles. The monoisotopic (exact) mass is 295 g/mol. The molecule has 2 atom stereocenters. The summed E-state index contributed by atoms with van der Waals surface area (Å²) in [6.45, 7) is 9.35. The van der Waals surface area contributed by atoms with Gasteiger partial charge in [0.2, 0.25) is 5.91 Å². The van der Waals surface area contributed by atoms with Crippen LogP contribution >= 0.6 is 0 Å². The van der Waals surface area contributed by atoms with Crippen molar-refractivity contribution in [3.8, 4) is 0 Å². The minimum absolute atomic E-state index is 0.205. The fraction of sp³-hybridized carbons (Fsp3) is 0.941. The number of nitrogens with zero attached hydrogens (tertiary/aromatic N) is 1. The molecule has 0 aromatic carbocycles. The molecule has 4 nitrogen and oxygen atoms in total. The topological polar surface area (TPSA) is 44.4 Å². The summed E-state index contributed by atoms with van der Waals surface area (Å²) >= 11 is 0. The second kappa shape index (κ2) is 8.14. The Morgan fingerprint density at radius 2 is 2.00 bits per heavy atom. The van der Waals surface area contributed by atoms with E-state index in [9.17, 15) is 4.79 Å². The first-order chi connectivity index (χ1) is 10.0. The standard InChI is InChI=1S/C17H33N3O/c1-13(2)6-7-14(3)19-17(21)12-20(16-8-9-16)11-15-5-4-10-18-15/h13-16,18H,4-12H2,1-3H3,(H,19,21). The highest BCUT2D eigenvalue weighted by Gasteiger charge is 2.32. The molecule has 1 saturated heterocycles. The van der Waals surface area contributed by atoms with Gasteiger partial charge in [-0.3, -0.25) is 9.69 Å². The van der Waals surface area contributed by atoms with Gasteiger partial charge in [-0.05, 0) is 57.9 Å². The molecule has 2 fully saturated rings. The fourth-order valence-corrected chi connectivity index (χ4v) is 3.14. The minimum atomic E-state index is 0.205. The van der Waals surface area contributed by atoms with E-state index in [0.29, 0.717) is 30.6 Å². The number of hydrogen-bond acceptors (Lipinski definition) is 3. The van der Waals surface area contributed by atoms with Gasteiger partial charge in [-0.2, -0.15) is 0 Å². The molecular formula is C17H33N3O. The Labute approximate surface area is 130 Å². The smallest absolute Gasteiger partial charge is 0.234 e. The predicted molar refractivity (Wildman–Crippen MR) is 87.3 cm³/mol. The van der Waals surface area contributed by atoms with Crippen molar-refractivity contribution in [2.24, 2.45) is 5.92 Å². The van der Waals surface area contributed by atoms with Crippen molar-refractivity contribution >= 4 is 5.91 Å². The van der Waals surface area contributed by atoms with Crippen LogP contribution in [0.4, 0.5) is 0 Å². The zero-order valence-electron chi connectivity index (χ0n) is 14.0. The lowest BCUT2D eigenvalue weighted by Gasteiger charge is -2.26. The maximum atomic E-state index is 12.2. The number of amides is 1. The molecule has 122 valence electrons. The maximum Gasteiger partial charge on any atom is 0.234 e. The average molecular weight is 295 g/mol. The summed E-state index contributed by atoms with van der Waals surface area (Å²) in [6.07, 6.45) is 7.33. The summed E-state index contributed by atoms with van der Waals surface area (Å²) in [7, 11) is 0. The number of rotatable bonds is 9. The molecule has 1 aliphatic heterocycles. The maximum absolute atomic E-state index is 12.2. The molecule has 0 aromatic heterocycles. The van der Waals surface area contributed by atoms with Crippen LogP contribution in [0.2, 0.25) is 0 Å². The summed E-state index contributed by atoms with van der Waals surface area (Å²) in [4.78, 5) is 14.6. The summed E-state index contributed by atoms with van der Waals surface area (Å²) in [5, 5.41) is 6.72. The number of carbonyl (C=O) groups is 1. The Kier molecular flexibility index (Phi) is 6.49. The van der Waals surface area contributed by atoms with Crippen LogP contribution in [0.1, 0.15) is 59.3 Å². The first-order valence-corrected chi connectivity index (χ1v) is 8.81. The van der Waals surface area contributed by atoms with Gasteiger partial charge in [0.15, 0.2) is 0 Å². The van der Waals surface area contributed by atoms with Gasteiger partial charge in [-0.15, -0.1) is 0 Å². The van der Waals surface area contributed by atoms with Crippen molar-refractivity contribution < 1.29 is 4.79 Å². The van der Waals surface area contributed by atoms with Crippen LogP contribution in [0.15, 0.2) is 0 Å². The van der Waals surface area contributed by atoms with E-state index in [4.69, 9.17) is 0 Å². The lowest BCUT2D eigenvalue weighted by molar-refractivity contribution is -0.123. The predicted octanol–water partition coefficient (Wildman–Crippen LogP) is 2.14. The van der Waals surface area contributed by atoms with Crippen molar-refractivity contribution in [2.75, 3.05) is 19.6 Å². The number of nitrogens with one attached hydrogen (secondary N) is 2. The molecule has 0 aromatic rings. The second-order valence-electron chi connectivity index (χ2n) is 7.39. The molecule has 2 N–H and O–H groups in total. The molecule has 0 bridgehead atoms. The van der Waals surface area contributed by atoms with Crippen molar-refractivity contribution in [3.05, 3.63) is 0 Å². The first-order valence-electron chi connectivity index (χ1n) is 8.81. The molecule has 2 rings (SSSR count). The third-order valence-electron chi connectivity index (χ3n) is 4.61. The Balaban J connectivity index is 1.70. The van der Waals surface area contributed by atoms with E-state index >= 15 is 0 Å². The van der Waals surface area contributed by atoms with Crippen LogP contribution in [0.5, 0.6) is 0 Å². The molecule has 1 heterocycles. The highest BCUT2D eigenvalue weighted by molar-refractivity contribution is 5.78. The van der Waals surface area contributed by atoms with E-state index in [1.165, 1.54) is 32.1 Å². The van der Waals surface area contributed by atoms with Gasteiger partial charge in [0, 0.05) is 24.7 Å². The van der Waals surface area contributed by atoms with Crippen molar-refractivity contribution in [1.29, 1.82) is 0 Å². The van der Waals surface area contributed by atoms with Crippen molar-refractivity contribution in [2.45, 2.75) is 77.4 Å². The van der Waals surface area contributed by atoms with Gasteiger partial charge in [-0.1, -0.05) is 13.8 Å². The molecule has 2 unspecified atom stereocenters. The van der Waals surface area contributed by atoms with E-state index in [-0.39, 0.29) is 5.91 Å². The summed E-state index contributed by atoms with van der Waals surface area (Å²) < 4.78 is 0. The third kappa shape index (κ3) is 6.35. The number of carbonyl (C=O) groups excluding carboxylic acids is 1. The largest absolute Gasteiger partial charge is 0.353 e. The van der Waals surface area contributed by atoms with Crippen molar-refractivity contribution in [3.63, 3.8) is 0 Å². The highest BCUT2D eigenvalue weighted by atomic mass is 16.2. The van der Waals surface area contributed by atoms with Gasteiger partial charge in [0.25, 0.3) is 0 Å². The minimum Gasteiger partial charge on any atom is -0.353 e. The van der Waals surface area contributed by atoms with Crippen LogP contribution in [0.3, 0.4) is 0 Å². The van der Waals surface area contributed by atoms with Gasteiger partial charge in [-0.25, -0.2) is 0 Å². The quantitative estimate of drug-likeness (QED) is 0.685. The zero-order chi connectivity index (χ0) is 15.2. The summed E-state index contributed by atoms with van der Waals surface area (Å²) in [5.41, 5.74) is 0. The van der Waals surface area contributed by atoms with Crippen LogP contribution in [-0.2, 0) is 4.79 Å². The van der Waals surface area contributed by atoms with Crippen LogP contribution in [-0.4, -0.2) is 48.6 Å². The molecule has 4 heteroatoms. The van der Waals surface area contributed by atoms with E-state index in [2.05, 4.69) is 36.3 Å². The first kappa shape index (κ1) is 16.8. The zero-order valence-corrected chi connectivity index (χ0v) is 14.0. The lowest BCUT2D eigenvalue weighted by atomic mass is 10.0. The van der Waals surface area contributed by atoms with Crippen LogP contribution in [0, 0.1) is 5.92 Å². The fourth-order valence-electron chi connectivity index (χ4n) is 3.14. The number of hydrogen-bond donors (Lipinski definition) is 2. The molecule has 1 amide bonds. The van der Waals surface area contributed by atoms with E-state index in [1.807, 2.05) is 0 Å². The van der Waals surface area contributed by atoms with Crippen LogP contribution < -0.4 is 10.6 Å². The van der Waals surface area contributed by atoms with E-state index < -0.39 is 0 Å². The van der Waals surface area contributed by atoms with Gasteiger partial charge >= 0.3 is 0 Å². The van der Waals surface area contributed by atoms with Gasteiger partial charge < -0.3 is 10.6 Å². The Bertz CT molecular complexity index is 322. The second-order valence-corrected chi connectivity index (χ2v) is 7.39. The lowest BCUT2D eigenvalue weighted by Crippen LogP contribution is -2.46. The van der Waals surface area contributed by atoms with Gasteiger partial charge in [0.1, 0.15) is 0 Å². The van der Waals surface area contributed by atoms with Gasteiger partial charge in [0.05, 0.1) is 6.54 Å². The highest BCUT2D eigenvalue weighted by Crippen LogP contribution is 2.27. The summed E-state index contributed by atoms with van der Waals surface area (Å²) in [5.74, 6) is 0.914. The third-order valence-corrected chi connectivity index (χ3v) is 4.61. The molecule has 2 aliphatic rings. The SMILES string of the molecule is CC(C)CCC(C)NC(=O)CN(CC1CCCN1)C1CC1.